The SMILES string of the molecule is CCCCO/C(Cl)=C(/C)P(Cl)c1ccccc1. The Kier molecular flexibility index (Phi) is 6.96. The van der Waals surface area contributed by atoms with Gasteiger partial charge in [0.25, 0.3) is 0 Å². The highest BCUT2D eigenvalue weighted by Crippen LogP contribution is 2.50. The molecule has 94 valence electrons. The second kappa shape index (κ2) is 7.97. The third-order valence-electron chi connectivity index (χ3n) is 2.29. The molecule has 0 heterocycles. The summed E-state index contributed by atoms with van der Waals surface area (Å²) in [6.45, 7) is 4.70. The largest absolute Gasteiger partial charge is 0.483 e. The minimum atomic E-state index is -0.902. The molecular formula is C13H17Cl2OP. The molecule has 0 aliphatic rings. The first-order valence-electron chi connectivity index (χ1n) is 5.67. The van der Waals surface area contributed by atoms with E-state index >= 15 is 0 Å². The molecule has 0 aliphatic carbocycles. The molecule has 0 amide bonds. The number of benzene rings is 1. The van der Waals surface area contributed by atoms with Crippen molar-refractivity contribution in [1.29, 1.82) is 0 Å². The fourth-order valence-electron chi connectivity index (χ4n) is 1.24. The Labute approximate surface area is 114 Å². The van der Waals surface area contributed by atoms with Crippen LogP contribution < -0.4 is 5.30 Å². The number of hydrogen-bond acceptors (Lipinski definition) is 1. The summed E-state index contributed by atoms with van der Waals surface area (Å²) in [5, 5.41) is 2.47. The molecule has 0 N–H and O–H groups in total. The zero-order valence-electron chi connectivity index (χ0n) is 10.1. The smallest absolute Gasteiger partial charge is 0.191 e. The van der Waals surface area contributed by atoms with E-state index in [1.165, 1.54) is 0 Å². The maximum Gasteiger partial charge on any atom is 0.191 e. The fraction of sp³-hybridized carbons (Fsp3) is 0.385. The Morgan fingerprint density at radius 2 is 1.94 bits per heavy atom. The van der Waals surface area contributed by atoms with Gasteiger partial charge in [-0.15, -0.1) is 0 Å². The minimum absolute atomic E-state index is 0.448. The molecule has 17 heavy (non-hydrogen) atoms. The Bertz CT molecular complexity index is 365. The molecule has 1 rings (SSSR count). The lowest BCUT2D eigenvalue weighted by atomic mass is 10.4. The Hall–Kier alpha value is -0.230. The van der Waals surface area contributed by atoms with Gasteiger partial charge in [-0.3, -0.25) is 0 Å². The third kappa shape index (κ3) is 4.87. The highest BCUT2D eigenvalue weighted by Gasteiger charge is 2.14. The highest BCUT2D eigenvalue weighted by molar-refractivity contribution is 7.93. The van der Waals surface area contributed by atoms with E-state index in [1.807, 2.05) is 37.3 Å². The first-order chi connectivity index (χ1) is 8.16. The van der Waals surface area contributed by atoms with Gasteiger partial charge in [0.15, 0.2) is 5.22 Å². The Morgan fingerprint density at radius 3 is 2.53 bits per heavy atom. The summed E-state index contributed by atoms with van der Waals surface area (Å²) in [6, 6.07) is 9.96. The van der Waals surface area contributed by atoms with Crippen molar-refractivity contribution >= 4 is 35.4 Å². The molecule has 1 atom stereocenters. The Morgan fingerprint density at radius 1 is 1.29 bits per heavy atom. The van der Waals surface area contributed by atoms with Crippen LogP contribution in [0.25, 0.3) is 0 Å². The highest BCUT2D eigenvalue weighted by atomic mass is 35.7. The first-order valence-corrected chi connectivity index (χ1v) is 8.29. The second-order valence-corrected chi connectivity index (χ2v) is 6.78. The third-order valence-corrected chi connectivity index (χ3v) is 5.70. The fourth-order valence-corrected chi connectivity index (χ4v) is 3.31. The van der Waals surface area contributed by atoms with Crippen LogP contribution in [0.15, 0.2) is 40.9 Å². The molecule has 0 radical (unpaired) electrons. The van der Waals surface area contributed by atoms with E-state index in [-0.39, 0.29) is 0 Å². The van der Waals surface area contributed by atoms with Crippen LogP contribution in [0.5, 0.6) is 0 Å². The zero-order chi connectivity index (χ0) is 12.7. The van der Waals surface area contributed by atoms with E-state index in [4.69, 9.17) is 27.6 Å². The molecular weight excluding hydrogens is 274 g/mol. The minimum Gasteiger partial charge on any atom is -0.483 e. The number of hydrogen-bond donors (Lipinski definition) is 0. The molecule has 0 aliphatic heterocycles. The summed E-state index contributed by atoms with van der Waals surface area (Å²) in [7, 11) is -0.902. The van der Waals surface area contributed by atoms with Crippen LogP contribution in [0.4, 0.5) is 0 Å². The summed E-state index contributed by atoms with van der Waals surface area (Å²) in [5.41, 5.74) is 0. The van der Waals surface area contributed by atoms with Crippen LogP contribution in [0.3, 0.4) is 0 Å². The van der Waals surface area contributed by atoms with Gasteiger partial charge in [0.2, 0.25) is 0 Å². The predicted molar refractivity (Wildman–Crippen MR) is 78.3 cm³/mol. The van der Waals surface area contributed by atoms with E-state index in [9.17, 15) is 0 Å². The van der Waals surface area contributed by atoms with E-state index in [0.717, 1.165) is 23.5 Å². The van der Waals surface area contributed by atoms with Gasteiger partial charge in [-0.25, -0.2) is 0 Å². The van der Waals surface area contributed by atoms with E-state index in [2.05, 4.69) is 6.92 Å². The molecule has 0 aromatic heterocycles. The summed E-state index contributed by atoms with van der Waals surface area (Å²) >= 11 is 12.5. The first kappa shape index (κ1) is 14.8. The van der Waals surface area contributed by atoms with Crippen LogP contribution in [0.1, 0.15) is 26.7 Å². The summed E-state index contributed by atoms with van der Waals surface area (Å²) in [5.74, 6) is 0. The van der Waals surface area contributed by atoms with Crippen molar-refractivity contribution in [3.8, 4) is 0 Å². The lowest BCUT2D eigenvalue weighted by molar-refractivity contribution is 0.229. The van der Waals surface area contributed by atoms with Gasteiger partial charge in [0, 0.05) is 5.31 Å². The standard InChI is InChI=1S/C13H17Cl2OP/c1-3-4-10-16-13(14)11(2)17(15)12-8-6-5-7-9-12/h5-9H,3-4,10H2,1-2H3/b13-11-. The molecule has 1 aromatic carbocycles. The van der Waals surface area contributed by atoms with Gasteiger partial charge in [-0.05, 0) is 30.3 Å². The normalized spacial score (nSPS) is 14.1. The van der Waals surface area contributed by atoms with Crippen LogP contribution in [0.2, 0.25) is 0 Å². The summed E-state index contributed by atoms with van der Waals surface area (Å²) in [4.78, 5) is 0. The summed E-state index contributed by atoms with van der Waals surface area (Å²) < 4.78 is 5.46. The van der Waals surface area contributed by atoms with Gasteiger partial charge in [0.1, 0.15) is 0 Å². The van der Waals surface area contributed by atoms with Crippen molar-refractivity contribution in [3.63, 3.8) is 0 Å². The molecule has 0 bridgehead atoms. The van der Waals surface area contributed by atoms with Crippen molar-refractivity contribution in [2.24, 2.45) is 0 Å². The van der Waals surface area contributed by atoms with E-state index in [0.29, 0.717) is 11.8 Å². The molecule has 0 saturated heterocycles. The maximum atomic E-state index is 6.41. The zero-order valence-corrected chi connectivity index (χ0v) is 12.5. The van der Waals surface area contributed by atoms with Gasteiger partial charge < -0.3 is 4.74 Å². The van der Waals surface area contributed by atoms with Crippen molar-refractivity contribution < 1.29 is 4.74 Å². The molecule has 1 aromatic rings. The van der Waals surface area contributed by atoms with Crippen molar-refractivity contribution in [2.75, 3.05) is 6.61 Å². The average molecular weight is 291 g/mol. The van der Waals surface area contributed by atoms with Crippen molar-refractivity contribution in [3.05, 3.63) is 40.9 Å². The Balaban J connectivity index is 2.67. The lowest BCUT2D eigenvalue weighted by Gasteiger charge is -2.13. The molecule has 0 spiro atoms. The lowest BCUT2D eigenvalue weighted by Crippen LogP contribution is -1.98. The molecule has 0 saturated carbocycles. The molecule has 1 nitrogen and oxygen atoms in total. The number of ether oxygens (including phenoxy) is 1. The average Bonchev–Trinajstić information content (AvgIpc) is 2.38. The number of unbranched alkanes of at least 4 members (excludes halogenated alkanes) is 1. The second-order valence-electron chi connectivity index (χ2n) is 3.68. The van der Waals surface area contributed by atoms with Gasteiger partial charge in [-0.1, -0.05) is 54.9 Å². The summed E-state index contributed by atoms with van der Waals surface area (Å²) in [6.07, 6.45) is 2.10. The van der Waals surface area contributed by atoms with Crippen molar-refractivity contribution in [2.45, 2.75) is 26.7 Å². The van der Waals surface area contributed by atoms with Crippen LogP contribution in [0, 0.1) is 0 Å². The van der Waals surface area contributed by atoms with Crippen LogP contribution >= 0.6 is 30.1 Å². The quantitative estimate of drug-likeness (QED) is 0.398. The number of allylic oxidation sites excluding steroid dienone is 1. The van der Waals surface area contributed by atoms with Gasteiger partial charge >= 0.3 is 0 Å². The van der Waals surface area contributed by atoms with Crippen molar-refractivity contribution in [1.82, 2.24) is 0 Å². The maximum absolute atomic E-state index is 6.41. The molecule has 0 fully saturated rings. The monoisotopic (exact) mass is 290 g/mol. The predicted octanol–water partition coefficient (Wildman–Crippen LogP) is 5.19. The topological polar surface area (TPSA) is 9.23 Å². The van der Waals surface area contributed by atoms with E-state index < -0.39 is 7.27 Å². The van der Waals surface area contributed by atoms with Crippen LogP contribution in [-0.4, -0.2) is 6.61 Å². The number of rotatable bonds is 6. The molecule has 4 heteroatoms. The number of halogens is 2. The van der Waals surface area contributed by atoms with Crippen LogP contribution in [-0.2, 0) is 4.74 Å². The van der Waals surface area contributed by atoms with E-state index in [1.54, 1.807) is 0 Å². The van der Waals surface area contributed by atoms with Gasteiger partial charge in [-0.2, -0.15) is 0 Å². The molecule has 1 unspecified atom stereocenters. The van der Waals surface area contributed by atoms with Gasteiger partial charge in [0.05, 0.1) is 13.9 Å².